The van der Waals surface area contributed by atoms with Crippen molar-refractivity contribution in [3.05, 3.63) is 349 Å². The number of rotatable bonds is 12. The van der Waals surface area contributed by atoms with Gasteiger partial charge in [0.25, 0.3) is 0 Å². The topological polar surface area (TPSA) is 69.2 Å². The van der Waals surface area contributed by atoms with E-state index >= 15 is 105 Å². The molecule has 6 nitrogen and oxygen atoms in total. The Hall–Kier alpha value is -13.7. The third-order valence-electron chi connectivity index (χ3n) is 18.3. The van der Waals surface area contributed by atoms with Crippen LogP contribution in [-0.4, -0.2) is 7.32 Å². The Morgan fingerprint density at radius 1 is 0.0791 bits per heavy atom. The van der Waals surface area contributed by atoms with Gasteiger partial charge in [-0.25, -0.2) is 158 Å². The molecule has 12 aromatic rings. The Morgan fingerprint density at radius 3 is 0.144 bits per heavy atom. The highest BCUT2D eigenvalue weighted by Crippen LogP contribution is 2.66. The summed E-state index contributed by atoms with van der Waals surface area (Å²) in [7, 11) is -2.92. The lowest BCUT2D eigenvalue weighted by atomic mass is 10.0. The van der Waals surface area contributed by atoms with Crippen molar-refractivity contribution in [3.63, 3.8) is 0 Å². The zero-order valence-electron chi connectivity index (χ0n) is 61.8. The number of halogens is 60. The first-order valence-electron chi connectivity index (χ1n) is 32.7. The minimum Gasteiger partial charge on any atom is -0.907 e. The first-order chi connectivity index (χ1) is 63.8. The van der Waals surface area contributed by atoms with Crippen LogP contribution >= 0.6 is 0 Å². The van der Waals surface area contributed by atoms with Gasteiger partial charge in [-0.15, -0.1) is 0 Å². The summed E-state index contributed by atoms with van der Waals surface area (Å²) in [5, 5.41) is 25.2. The molecule has 0 saturated carbocycles. The maximum absolute atomic E-state index is 15.3. The second-order valence-electron chi connectivity index (χ2n) is 25.3. The Balaban J connectivity index is 0.000000228. The van der Waals surface area contributed by atoms with Crippen LogP contribution in [0, 0.1) is 349 Å². The highest BCUT2D eigenvalue weighted by molar-refractivity contribution is 6.24. The number of benzene rings is 12. The molecule has 0 amide bonds. The summed E-state index contributed by atoms with van der Waals surface area (Å²) in [5.74, 6) is -217. The molecular formula is C72BF60N3O3. The standard InChI is InChI=1S/3C24F20N.BO3/c3*25-1-5(29)13(37)21(14(38)6(1)30)45(22-15(39)7(31)2(26)8(32)16(22)40,23-17(41)9(33)3(27)10(34)18(23)42)24-19(43)11(35)4(28)12(36)20(24)44;2-1(3)4/q3*+1;-3. The molecular weight excluding hydrogens is 2110 g/mol. The van der Waals surface area contributed by atoms with Crippen LogP contribution in [0.1, 0.15) is 0 Å². The van der Waals surface area contributed by atoms with Crippen molar-refractivity contribution in [1.29, 1.82) is 0 Å². The van der Waals surface area contributed by atoms with E-state index in [1.54, 1.807) is 0 Å². The number of hydrogen-bond donors (Lipinski definition) is 0. The maximum Gasteiger partial charge on any atom is 0.227 e. The monoisotopic (exact) mass is 2100 g/mol. The zero-order chi connectivity index (χ0) is 107. The van der Waals surface area contributed by atoms with Crippen molar-refractivity contribution in [2.24, 2.45) is 0 Å². The van der Waals surface area contributed by atoms with Crippen molar-refractivity contribution in [2.45, 2.75) is 0 Å². The van der Waals surface area contributed by atoms with E-state index in [0.717, 1.165) is 0 Å². The van der Waals surface area contributed by atoms with Crippen LogP contribution in [0.5, 0.6) is 0 Å². The van der Waals surface area contributed by atoms with E-state index in [2.05, 4.69) is 0 Å². The average molecular weight is 2110 g/mol. The molecule has 0 atom stereocenters. The second kappa shape index (κ2) is 37.9. The minimum absolute atomic E-state index is 2.92. The van der Waals surface area contributed by atoms with Gasteiger partial charge in [0.15, 0.2) is 0 Å². The number of hydrogen-bond acceptors (Lipinski definition) is 3. The SMILES string of the molecule is Fc1c(F)c(F)c([N+](c2c(F)c(F)c(F)c(F)c2F)(c2c(F)c(F)c(F)c(F)c2F)c2c(F)c(F)c(F)c(F)c2F)c(F)c1F.Fc1c(F)c(F)c([N+](c2c(F)c(F)c(F)c(F)c2F)(c2c(F)c(F)c(F)c(F)c2F)c2c(F)c(F)c(F)c(F)c2F)c(F)c1F.Fc1c(F)c(F)c([N+](c2c(F)c(F)c(F)c(F)c2F)(c2c(F)c(F)c(F)c(F)c2F)c2c(F)c(F)c(F)c(F)c2F)c(F)c1F.[O-]B([O-])[O-]. The summed E-state index contributed by atoms with van der Waals surface area (Å²) in [4.78, 5) is 0. The summed E-state index contributed by atoms with van der Waals surface area (Å²) < 4.78 is 866. The van der Waals surface area contributed by atoms with Crippen molar-refractivity contribution in [1.82, 2.24) is 13.4 Å². The van der Waals surface area contributed by atoms with Gasteiger partial charge in [-0.3, -0.25) is 7.32 Å². The maximum atomic E-state index is 15.3. The molecule has 12 aromatic carbocycles. The van der Waals surface area contributed by atoms with E-state index in [9.17, 15) is 158 Å². The van der Waals surface area contributed by atoms with Gasteiger partial charge >= 0.3 is 0 Å². The van der Waals surface area contributed by atoms with Crippen LogP contribution in [0.2, 0.25) is 0 Å². The van der Waals surface area contributed by atoms with E-state index in [1.165, 1.54) is 0 Å². The lowest BCUT2D eigenvalue weighted by Crippen LogP contribution is -2.56. The molecule has 0 radical (unpaired) electrons. The Morgan fingerprint density at radius 2 is 0.108 bits per heavy atom. The molecule has 0 aromatic heterocycles. The normalized spacial score (nSPS) is 11.8. The Kier molecular flexibility index (Phi) is 29.7. The van der Waals surface area contributed by atoms with Crippen LogP contribution < -0.4 is 28.5 Å². The molecule has 0 aliphatic heterocycles. The van der Waals surface area contributed by atoms with Crippen molar-refractivity contribution in [2.75, 3.05) is 0 Å². The van der Waals surface area contributed by atoms with Crippen LogP contribution in [0.4, 0.5) is 332 Å². The molecule has 139 heavy (non-hydrogen) atoms. The number of nitrogens with zero attached hydrogens (tertiary/aromatic N) is 3. The Bertz CT molecular complexity index is 5460. The molecule has 0 bridgehead atoms. The highest BCUT2D eigenvalue weighted by Gasteiger charge is 2.66. The van der Waals surface area contributed by atoms with Gasteiger partial charge in [-0.05, 0) is 0 Å². The summed E-state index contributed by atoms with van der Waals surface area (Å²) in [5.41, 5.74) is -44.5. The predicted molar refractivity (Wildman–Crippen MR) is 323 cm³/mol. The lowest BCUT2D eigenvalue weighted by Gasteiger charge is -2.37. The molecule has 0 spiro atoms. The van der Waals surface area contributed by atoms with Gasteiger partial charge in [0.1, 0.15) is 0 Å². The first kappa shape index (κ1) is 109. The van der Waals surface area contributed by atoms with Crippen molar-refractivity contribution in [3.8, 4) is 0 Å². The van der Waals surface area contributed by atoms with Gasteiger partial charge in [0.05, 0.1) is 0 Å². The van der Waals surface area contributed by atoms with Crippen LogP contribution in [0.3, 0.4) is 0 Å². The van der Waals surface area contributed by atoms with E-state index in [0.29, 0.717) is 0 Å². The van der Waals surface area contributed by atoms with E-state index in [1.807, 2.05) is 0 Å². The van der Waals surface area contributed by atoms with Gasteiger partial charge in [-0.1, -0.05) is 0 Å². The third kappa shape index (κ3) is 15.5. The van der Waals surface area contributed by atoms with Gasteiger partial charge in [0.2, 0.25) is 417 Å². The van der Waals surface area contributed by atoms with Crippen LogP contribution in [0.25, 0.3) is 0 Å². The third-order valence-corrected chi connectivity index (χ3v) is 18.3. The van der Waals surface area contributed by atoms with Gasteiger partial charge in [0, 0.05) is 0 Å². The molecule has 67 heteroatoms. The quantitative estimate of drug-likeness (QED) is 0.0402. The van der Waals surface area contributed by atoms with E-state index in [4.69, 9.17) is 15.1 Å². The first-order valence-corrected chi connectivity index (χ1v) is 32.7. The summed E-state index contributed by atoms with van der Waals surface area (Å²) in [6.07, 6.45) is 0. The van der Waals surface area contributed by atoms with Crippen molar-refractivity contribution >= 4 is 75.6 Å². The minimum atomic E-state index is -4.98. The van der Waals surface area contributed by atoms with E-state index in [-0.39, 0.29) is 0 Å². The van der Waals surface area contributed by atoms with Gasteiger partial charge in [-0.2, -0.15) is 119 Å². The van der Waals surface area contributed by atoms with Crippen LogP contribution in [0.15, 0.2) is 0 Å². The second-order valence-corrected chi connectivity index (χ2v) is 25.3. The summed E-state index contributed by atoms with van der Waals surface area (Å²) >= 11 is 0. The predicted octanol–water partition coefficient (Wildman–Crippen LogP) is 25.4. The fraction of sp³-hybridized carbons (Fsp3) is 0. The molecule has 0 fully saturated rings. The molecule has 0 aliphatic rings. The zero-order valence-corrected chi connectivity index (χ0v) is 61.8. The fourth-order valence-electron chi connectivity index (χ4n) is 12.7. The molecule has 0 N–H and O–H groups in total. The van der Waals surface area contributed by atoms with Crippen molar-refractivity contribution < 1.29 is 278 Å². The fourth-order valence-corrected chi connectivity index (χ4v) is 12.7. The van der Waals surface area contributed by atoms with E-state index < -0.39 is 438 Å². The molecule has 0 aliphatic carbocycles. The molecule has 0 heterocycles. The molecule has 0 saturated heterocycles. The van der Waals surface area contributed by atoms with Crippen LogP contribution in [-0.2, 0) is 0 Å². The molecule has 744 valence electrons. The largest absolute Gasteiger partial charge is 0.907 e. The number of quaternary nitrogens is 3. The smallest absolute Gasteiger partial charge is 0.227 e. The summed E-state index contributed by atoms with van der Waals surface area (Å²) in [6, 6.07) is 0. The van der Waals surface area contributed by atoms with Gasteiger partial charge < -0.3 is 15.1 Å². The average Bonchev–Trinajstić information content (AvgIpc) is 0.687. The lowest BCUT2D eigenvalue weighted by molar-refractivity contribution is -0.479. The molecule has 12 rings (SSSR count). The Labute approximate surface area is 715 Å². The highest BCUT2D eigenvalue weighted by atomic mass is 19.3. The summed E-state index contributed by atoms with van der Waals surface area (Å²) in [6.45, 7) is 0. The molecule has 0 unspecified atom stereocenters.